The Kier molecular flexibility index (Phi) is 5.97. The van der Waals surface area contributed by atoms with E-state index in [9.17, 15) is 16.8 Å². The van der Waals surface area contributed by atoms with Crippen molar-refractivity contribution in [2.75, 3.05) is 20.2 Å². The van der Waals surface area contributed by atoms with Crippen LogP contribution >= 0.6 is 0 Å². The Bertz CT molecular complexity index is 1020. The Hall–Kier alpha value is -2.10. The highest BCUT2D eigenvalue weighted by atomic mass is 32.2. The summed E-state index contributed by atoms with van der Waals surface area (Å²) in [6, 6.07) is 11.2. The van der Waals surface area contributed by atoms with Gasteiger partial charge in [-0.05, 0) is 67.3 Å². The molecule has 7 nitrogen and oxygen atoms in total. The summed E-state index contributed by atoms with van der Waals surface area (Å²) in [5, 5.41) is 0. The molecule has 0 N–H and O–H groups in total. The normalized spacial score (nSPS) is 18.6. The Morgan fingerprint density at radius 1 is 0.893 bits per heavy atom. The fraction of sp³-hybridized carbons (Fsp3) is 0.368. The van der Waals surface area contributed by atoms with E-state index >= 15 is 0 Å². The first-order valence-corrected chi connectivity index (χ1v) is 11.8. The van der Waals surface area contributed by atoms with Crippen molar-refractivity contribution in [3.8, 4) is 11.5 Å². The van der Waals surface area contributed by atoms with Crippen LogP contribution in [0.4, 0.5) is 0 Å². The number of ether oxygens (including phenoxy) is 1. The summed E-state index contributed by atoms with van der Waals surface area (Å²) >= 11 is 0. The largest absolute Gasteiger partial charge is 0.497 e. The Morgan fingerprint density at radius 3 is 2.04 bits per heavy atom. The van der Waals surface area contributed by atoms with Gasteiger partial charge >= 0.3 is 10.1 Å². The lowest BCUT2D eigenvalue weighted by Gasteiger charge is -2.30. The Morgan fingerprint density at radius 2 is 1.46 bits per heavy atom. The van der Waals surface area contributed by atoms with Gasteiger partial charge < -0.3 is 8.92 Å². The second-order valence-corrected chi connectivity index (χ2v) is 10.3. The summed E-state index contributed by atoms with van der Waals surface area (Å²) in [7, 11) is -6.21. The highest BCUT2D eigenvalue weighted by Gasteiger charge is 2.29. The lowest BCUT2D eigenvalue weighted by Crippen LogP contribution is -2.39. The standard InChI is InChI=1S/C19H23NO6S2/c1-15-4-3-13-20(14-15)27(21,22)18-9-11-19(12-10-18)28(23,24)26-17-7-5-16(25-2)6-8-17/h5-12,15H,3-4,13-14H2,1-2H3/t15-/m1/s1. The van der Waals surface area contributed by atoms with Crippen LogP contribution in [-0.4, -0.2) is 41.3 Å². The van der Waals surface area contributed by atoms with Crippen molar-refractivity contribution in [2.45, 2.75) is 29.6 Å². The molecular weight excluding hydrogens is 402 g/mol. The molecule has 28 heavy (non-hydrogen) atoms. The molecule has 0 aliphatic carbocycles. The van der Waals surface area contributed by atoms with Gasteiger partial charge in [0, 0.05) is 13.1 Å². The highest BCUT2D eigenvalue weighted by Crippen LogP contribution is 2.26. The van der Waals surface area contributed by atoms with Crippen molar-refractivity contribution in [2.24, 2.45) is 5.92 Å². The number of piperidine rings is 1. The predicted octanol–water partition coefficient (Wildman–Crippen LogP) is 2.88. The maximum absolute atomic E-state index is 12.8. The minimum Gasteiger partial charge on any atom is -0.497 e. The van der Waals surface area contributed by atoms with Crippen LogP contribution < -0.4 is 8.92 Å². The average molecular weight is 426 g/mol. The maximum Gasteiger partial charge on any atom is 0.339 e. The number of rotatable bonds is 6. The van der Waals surface area contributed by atoms with Crippen molar-refractivity contribution < 1.29 is 25.8 Å². The lowest BCUT2D eigenvalue weighted by molar-refractivity contribution is 0.281. The van der Waals surface area contributed by atoms with Crippen LogP contribution in [-0.2, 0) is 20.1 Å². The minimum atomic E-state index is -4.08. The zero-order valence-electron chi connectivity index (χ0n) is 15.7. The molecule has 0 unspecified atom stereocenters. The third-order valence-electron chi connectivity index (χ3n) is 4.64. The third kappa shape index (κ3) is 4.48. The summed E-state index contributed by atoms with van der Waals surface area (Å²) in [5.41, 5.74) is 0. The van der Waals surface area contributed by atoms with E-state index in [4.69, 9.17) is 8.92 Å². The van der Waals surface area contributed by atoms with Crippen molar-refractivity contribution in [1.82, 2.24) is 4.31 Å². The van der Waals surface area contributed by atoms with Crippen molar-refractivity contribution in [1.29, 1.82) is 0 Å². The molecule has 1 saturated heterocycles. The van der Waals surface area contributed by atoms with E-state index < -0.39 is 20.1 Å². The Balaban J connectivity index is 1.78. The number of hydrogen-bond donors (Lipinski definition) is 0. The monoisotopic (exact) mass is 425 g/mol. The van der Waals surface area contributed by atoms with Crippen molar-refractivity contribution >= 4 is 20.1 Å². The van der Waals surface area contributed by atoms with Gasteiger partial charge in [0.1, 0.15) is 16.4 Å². The first-order chi connectivity index (χ1) is 13.2. The molecule has 152 valence electrons. The van der Waals surface area contributed by atoms with E-state index in [1.807, 2.05) is 6.92 Å². The van der Waals surface area contributed by atoms with Gasteiger partial charge in [-0.1, -0.05) is 6.92 Å². The molecule has 0 bridgehead atoms. The van der Waals surface area contributed by atoms with Gasteiger partial charge in [0.05, 0.1) is 12.0 Å². The molecule has 0 amide bonds. The molecule has 1 aliphatic heterocycles. The number of methoxy groups -OCH3 is 1. The lowest BCUT2D eigenvalue weighted by atomic mass is 10.0. The summed E-state index contributed by atoms with van der Waals surface area (Å²) in [6.07, 6.45) is 1.83. The van der Waals surface area contributed by atoms with Gasteiger partial charge in [-0.25, -0.2) is 8.42 Å². The highest BCUT2D eigenvalue weighted by molar-refractivity contribution is 7.89. The zero-order valence-corrected chi connectivity index (χ0v) is 17.4. The molecule has 1 atom stereocenters. The first-order valence-electron chi connectivity index (χ1n) is 8.91. The molecule has 0 aromatic heterocycles. The van der Waals surface area contributed by atoms with E-state index in [1.54, 1.807) is 12.1 Å². The average Bonchev–Trinajstić information content (AvgIpc) is 2.68. The van der Waals surface area contributed by atoms with Crippen molar-refractivity contribution in [3.63, 3.8) is 0 Å². The van der Waals surface area contributed by atoms with Crippen LogP contribution in [0.15, 0.2) is 58.3 Å². The van der Waals surface area contributed by atoms with Gasteiger partial charge in [0.25, 0.3) is 0 Å². The maximum atomic E-state index is 12.8. The van der Waals surface area contributed by atoms with E-state index in [1.165, 1.54) is 47.8 Å². The van der Waals surface area contributed by atoms with Crippen LogP contribution in [0, 0.1) is 5.92 Å². The van der Waals surface area contributed by atoms with E-state index in [2.05, 4.69) is 0 Å². The Labute approximate surface area is 166 Å². The molecular formula is C19H23NO6S2. The number of sulfonamides is 1. The van der Waals surface area contributed by atoms with Crippen molar-refractivity contribution in [3.05, 3.63) is 48.5 Å². The molecule has 0 saturated carbocycles. The van der Waals surface area contributed by atoms with Gasteiger partial charge in [0.15, 0.2) is 0 Å². The molecule has 3 rings (SSSR count). The summed E-state index contributed by atoms with van der Waals surface area (Å²) < 4.78 is 62.0. The summed E-state index contributed by atoms with van der Waals surface area (Å²) in [4.78, 5) is -0.0423. The van der Waals surface area contributed by atoms with Gasteiger partial charge in [-0.3, -0.25) is 0 Å². The fourth-order valence-electron chi connectivity index (χ4n) is 3.10. The summed E-state index contributed by atoms with van der Waals surface area (Å²) in [6.45, 7) is 2.98. The minimum absolute atomic E-state index is 0.0741. The van der Waals surface area contributed by atoms with Crippen LogP contribution in [0.25, 0.3) is 0 Å². The smallest absolute Gasteiger partial charge is 0.339 e. The van der Waals surface area contributed by atoms with Crippen LogP contribution in [0.3, 0.4) is 0 Å². The van der Waals surface area contributed by atoms with E-state index in [0.717, 1.165) is 12.8 Å². The quantitative estimate of drug-likeness (QED) is 0.661. The fourth-order valence-corrected chi connectivity index (χ4v) is 5.63. The zero-order chi connectivity index (χ0) is 20.4. The van der Waals surface area contributed by atoms with Gasteiger partial charge in [-0.2, -0.15) is 12.7 Å². The topological polar surface area (TPSA) is 90.0 Å². The molecule has 0 radical (unpaired) electrons. The van der Waals surface area contributed by atoms with E-state index in [0.29, 0.717) is 24.8 Å². The van der Waals surface area contributed by atoms with Gasteiger partial charge in [0.2, 0.25) is 10.0 Å². The molecule has 2 aromatic carbocycles. The molecule has 1 heterocycles. The third-order valence-corrected chi connectivity index (χ3v) is 7.78. The SMILES string of the molecule is COc1ccc(OS(=O)(=O)c2ccc(S(=O)(=O)N3CCC[C@@H](C)C3)cc2)cc1. The molecule has 1 fully saturated rings. The van der Waals surface area contributed by atoms with Gasteiger partial charge in [-0.15, -0.1) is 0 Å². The number of hydrogen-bond acceptors (Lipinski definition) is 6. The first kappa shape index (κ1) is 20.6. The second kappa shape index (κ2) is 8.10. The van der Waals surface area contributed by atoms with Crippen LogP contribution in [0.2, 0.25) is 0 Å². The van der Waals surface area contributed by atoms with E-state index in [-0.39, 0.29) is 15.5 Å². The molecule has 2 aromatic rings. The molecule has 0 spiro atoms. The predicted molar refractivity (Wildman–Crippen MR) is 104 cm³/mol. The molecule has 9 heteroatoms. The molecule has 1 aliphatic rings. The number of benzene rings is 2. The van der Waals surface area contributed by atoms with Crippen LogP contribution in [0.5, 0.6) is 11.5 Å². The second-order valence-electron chi connectivity index (χ2n) is 6.79. The van der Waals surface area contributed by atoms with Crippen LogP contribution in [0.1, 0.15) is 19.8 Å². The number of nitrogens with zero attached hydrogens (tertiary/aromatic N) is 1. The summed E-state index contributed by atoms with van der Waals surface area (Å²) in [5.74, 6) is 1.02.